The SMILES string of the molecule is CC(C)(C)OC(=O)N1CCC(Nc2ccc(S(N)(=O)=O)cc2[N+](=O)[O-])CC1. The summed E-state index contributed by atoms with van der Waals surface area (Å²) in [7, 11) is -4.03. The number of nitro groups is 1. The van der Waals surface area contributed by atoms with Crippen molar-refractivity contribution in [1.82, 2.24) is 4.90 Å². The number of likely N-dealkylation sites (tertiary alicyclic amines) is 1. The minimum absolute atomic E-state index is 0.0947. The van der Waals surface area contributed by atoms with E-state index in [9.17, 15) is 23.3 Å². The van der Waals surface area contributed by atoms with Crippen molar-refractivity contribution in [2.45, 2.75) is 50.2 Å². The normalized spacial score (nSPS) is 16.1. The Morgan fingerprint density at radius 2 is 1.93 bits per heavy atom. The van der Waals surface area contributed by atoms with Gasteiger partial charge in [0.1, 0.15) is 11.3 Å². The first-order valence-electron chi connectivity index (χ1n) is 8.42. The number of sulfonamides is 1. The summed E-state index contributed by atoms with van der Waals surface area (Å²) in [5.41, 5.74) is -0.725. The largest absolute Gasteiger partial charge is 0.444 e. The summed E-state index contributed by atoms with van der Waals surface area (Å²) < 4.78 is 28.1. The number of ether oxygens (including phenoxy) is 1. The molecule has 1 aromatic carbocycles. The van der Waals surface area contributed by atoms with Gasteiger partial charge in [-0.25, -0.2) is 18.4 Å². The van der Waals surface area contributed by atoms with Crippen LogP contribution >= 0.6 is 0 Å². The molecule has 11 heteroatoms. The highest BCUT2D eigenvalue weighted by Crippen LogP contribution is 2.29. The van der Waals surface area contributed by atoms with Crippen LogP contribution in [0.1, 0.15) is 33.6 Å². The zero-order valence-corrected chi connectivity index (χ0v) is 16.3. The van der Waals surface area contributed by atoms with Crippen LogP contribution in [0, 0.1) is 10.1 Å². The first-order chi connectivity index (χ1) is 12.4. The Hall–Kier alpha value is -2.40. The number of anilines is 1. The molecule has 0 atom stereocenters. The fraction of sp³-hybridized carbons (Fsp3) is 0.562. The Labute approximate surface area is 157 Å². The zero-order chi connectivity index (χ0) is 20.4. The van der Waals surface area contributed by atoms with Gasteiger partial charge in [-0.1, -0.05) is 0 Å². The van der Waals surface area contributed by atoms with Crippen molar-refractivity contribution >= 4 is 27.5 Å². The molecule has 1 fully saturated rings. The van der Waals surface area contributed by atoms with Crippen LogP contribution < -0.4 is 10.5 Å². The van der Waals surface area contributed by atoms with Crippen molar-refractivity contribution in [2.24, 2.45) is 5.14 Å². The molecule has 0 spiro atoms. The molecular weight excluding hydrogens is 376 g/mol. The van der Waals surface area contributed by atoms with Gasteiger partial charge in [0.2, 0.25) is 10.0 Å². The number of benzene rings is 1. The Balaban J connectivity index is 2.05. The van der Waals surface area contributed by atoms with Crippen molar-refractivity contribution in [3.8, 4) is 0 Å². The van der Waals surface area contributed by atoms with E-state index in [0.717, 1.165) is 6.07 Å². The maximum atomic E-state index is 12.1. The molecule has 1 aromatic rings. The molecule has 1 aliphatic rings. The topological polar surface area (TPSA) is 145 Å². The van der Waals surface area contributed by atoms with E-state index in [0.29, 0.717) is 25.9 Å². The van der Waals surface area contributed by atoms with Crippen LogP contribution in [-0.4, -0.2) is 49.1 Å². The average Bonchev–Trinajstić information content (AvgIpc) is 2.53. The van der Waals surface area contributed by atoms with Gasteiger partial charge in [-0.15, -0.1) is 0 Å². The molecule has 2 rings (SSSR count). The lowest BCUT2D eigenvalue weighted by Crippen LogP contribution is -2.44. The molecule has 1 heterocycles. The summed E-state index contributed by atoms with van der Waals surface area (Å²) in [4.78, 5) is 24.0. The van der Waals surface area contributed by atoms with Crippen LogP contribution in [0.25, 0.3) is 0 Å². The second-order valence-electron chi connectivity index (χ2n) is 7.37. The lowest BCUT2D eigenvalue weighted by molar-refractivity contribution is -0.384. The number of carbonyl (C=O) groups is 1. The third-order valence-electron chi connectivity index (χ3n) is 4.00. The number of rotatable bonds is 4. The molecule has 1 saturated heterocycles. The zero-order valence-electron chi connectivity index (χ0n) is 15.5. The van der Waals surface area contributed by atoms with E-state index < -0.39 is 20.5 Å². The minimum Gasteiger partial charge on any atom is -0.444 e. The quantitative estimate of drug-likeness (QED) is 0.581. The lowest BCUT2D eigenvalue weighted by Gasteiger charge is -2.34. The van der Waals surface area contributed by atoms with E-state index in [1.165, 1.54) is 12.1 Å². The summed E-state index contributed by atoms with van der Waals surface area (Å²) in [6.07, 6.45) is 0.769. The second kappa shape index (κ2) is 7.69. The van der Waals surface area contributed by atoms with Crippen molar-refractivity contribution in [1.29, 1.82) is 0 Å². The maximum Gasteiger partial charge on any atom is 0.410 e. The molecule has 27 heavy (non-hydrogen) atoms. The van der Waals surface area contributed by atoms with Gasteiger partial charge in [-0.3, -0.25) is 10.1 Å². The Kier molecular flexibility index (Phi) is 5.95. The fourth-order valence-electron chi connectivity index (χ4n) is 2.71. The number of carbonyl (C=O) groups excluding carboxylic acids is 1. The van der Waals surface area contributed by atoms with Gasteiger partial charge in [0, 0.05) is 25.2 Å². The van der Waals surface area contributed by atoms with Gasteiger partial charge in [0.15, 0.2) is 0 Å². The molecule has 150 valence electrons. The molecule has 0 aromatic heterocycles. The van der Waals surface area contributed by atoms with Crippen molar-refractivity contribution < 1.29 is 22.9 Å². The monoisotopic (exact) mass is 400 g/mol. The molecule has 0 bridgehead atoms. The Morgan fingerprint density at radius 1 is 1.33 bits per heavy atom. The molecule has 10 nitrogen and oxygen atoms in total. The van der Waals surface area contributed by atoms with Crippen LogP contribution in [0.4, 0.5) is 16.2 Å². The molecule has 0 saturated carbocycles. The number of piperidine rings is 1. The van der Waals surface area contributed by atoms with Crippen molar-refractivity contribution in [3.05, 3.63) is 28.3 Å². The predicted molar refractivity (Wildman–Crippen MR) is 98.9 cm³/mol. The number of nitrogens with one attached hydrogen (secondary N) is 1. The average molecular weight is 400 g/mol. The van der Waals surface area contributed by atoms with E-state index in [1.807, 2.05) is 0 Å². The van der Waals surface area contributed by atoms with E-state index in [-0.39, 0.29) is 28.4 Å². The van der Waals surface area contributed by atoms with Crippen LogP contribution in [0.2, 0.25) is 0 Å². The standard InChI is InChI=1S/C16H24N4O6S/c1-16(2,3)26-15(21)19-8-6-11(7-9-19)18-13-5-4-12(27(17,24)25)10-14(13)20(22)23/h4-5,10-11,18H,6-9H2,1-3H3,(H2,17,24,25). The number of hydrogen-bond donors (Lipinski definition) is 2. The summed E-state index contributed by atoms with van der Waals surface area (Å²) in [6, 6.07) is 3.40. The molecule has 0 radical (unpaired) electrons. The molecule has 1 aliphatic heterocycles. The summed E-state index contributed by atoms with van der Waals surface area (Å²) >= 11 is 0. The van der Waals surface area contributed by atoms with E-state index in [2.05, 4.69) is 5.32 Å². The smallest absolute Gasteiger partial charge is 0.410 e. The number of hydrogen-bond acceptors (Lipinski definition) is 7. The molecule has 1 amide bonds. The first-order valence-corrected chi connectivity index (χ1v) is 9.97. The highest BCUT2D eigenvalue weighted by Gasteiger charge is 2.28. The third-order valence-corrected chi connectivity index (χ3v) is 4.91. The van der Waals surface area contributed by atoms with Crippen LogP contribution in [0.3, 0.4) is 0 Å². The maximum absolute atomic E-state index is 12.1. The van der Waals surface area contributed by atoms with Crippen molar-refractivity contribution in [2.75, 3.05) is 18.4 Å². The summed E-state index contributed by atoms with van der Waals surface area (Å²) in [5.74, 6) is 0. The number of nitrogens with zero attached hydrogens (tertiary/aromatic N) is 2. The van der Waals surface area contributed by atoms with Crippen molar-refractivity contribution in [3.63, 3.8) is 0 Å². The third kappa shape index (κ3) is 5.79. The second-order valence-corrected chi connectivity index (χ2v) is 8.93. The van der Waals surface area contributed by atoms with Gasteiger partial charge < -0.3 is 15.0 Å². The number of primary sulfonamides is 1. The van der Waals surface area contributed by atoms with Gasteiger partial charge in [-0.05, 0) is 45.7 Å². The minimum atomic E-state index is -4.03. The first kappa shape index (κ1) is 20.9. The lowest BCUT2D eigenvalue weighted by atomic mass is 10.0. The molecular formula is C16H24N4O6S. The Morgan fingerprint density at radius 3 is 2.41 bits per heavy atom. The van der Waals surface area contributed by atoms with Crippen LogP contribution in [0.5, 0.6) is 0 Å². The molecule has 3 N–H and O–H groups in total. The van der Waals surface area contributed by atoms with Crippen LogP contribution in [0.15, 0.2) is 23.1 Å². The highest BCUT2D eigenvalue weighted by atomic mass is 32.2. The van der Waals surface area contributed by atoms with E-state index in [1.54, 1.807) is 25.7 Å². The van der Waals surface area contributed by atoms with Crippen LogP contribution in [-0.2, 0) is 14.8 Å². The number of nitrogens with two attached hydrogens (primary N) is 1. The summed E-state index contributed by atoms with van der Waals surface area (Å²) in [5, 5.41) is 19.4. The van der Waals surface area contributed by atoms with E-state index >= 15 is 0 Å². The van der Waals surface area contributed by atoms with Gasteiger partial charge in [-0.2, -0.15) is 0 Å². The number of amides is 1. The van der Waals surface area contributed by atoms with Gasteiger partial charge >= 0.3 is 6.09 Å². The van der Waals surface area contributed by atoms with Gasteiger partial charge in [0.05, 0.1) is 9.82 Å². The van der Waals surface area contributed by atoms with Gasteiger partial charge in [0.25, 0.3) is 5.69 Å². The molecule has 0 aliphatic carbocycles. The van der Waals surface area contributed by atoms with E-state index in [4.69, 9.17) is 9.88 Å². The predicted octanol–water partition coefficient (Wildman–Crippen LogP) is 2.05. The Bertz CT molecular complexity index is 826. The molecule has 0 unspecified atom stereocenters. The fourth-order valence-corrected chi connectivity index (χ4v) is 3.25. The highest BCUT2D eigenvalue weighted by molar-refractivity contribution is 7.89. The summed E-state index contributed by atoms with van der Waals surface area (Å²) in [6.45, 7) is 6.29. The number of nitro benzene ring substituents is 1.